The van der Waals surface area contributed by atoms with Crippen LogP contribution in [0.15, 0.2) is 101 Å². The first kappa shape index (κ1) is 28.6. The van der Waals surface area contributed by atoms with Crippen molar-refractivity contribution in [2.45, 2.75) is 13.1 Å². The smallest absolute Gasteiger partial charge is 0.416 e. The third-order valence-electron chi connectivity index (χ3n) is 6.26. The second-order valence-electron chi connectivity index (χ2n) is 9.23. The summed E-state index contributed by atoms with van der Waals surface area (Å²) in [6.45, 7) is 1.60. The summed E-state index contributed by atoms with van der Waals surface area (Å²) in [5, 5.41) is 7.47. The molecule has 1 heterocycles. The van der Waals surface area contributed by atoms with Gasteiger partial charge in [0.25, 0.3) is 11.5 Å². The lowest BCUT2D eigenvalue weighted by atomic mass is 10.1. The standard InChI is InChI=1S/C31H22ClF3N4O3/c1-19-7-2-4-11-25(19)37-28(40)18-42-27-14-13-20(15-24(27)32)17-36-39-29(21-8-6-9-22(16-21)31(33,34)35)38-26-12-5-3-10-23(26)30(39)41/h2-17H,18H2,1H3,(H,37,40). The molecule has 11 heteroatoms. The molecular formula is C31H22ClF3N4O3. The fraction of sp³-hybridized carbons (Fsp3) is 0.0968. The van der Waals surface area contributed by atoms with Crippen molar-refractivity contribution in [2.75, 3.05) is 11.9 Å². The number of halogens is 4. The van der Waals surface area contributed by atoms with E-state index in [0.717, 1.165) is 22.4 Å². The van der Waals surface area contributed by atoms with E-state index in [1.807, 2.05) is 25.1 Å². The first-order chi connectivity index (χ1) is 20.1. The Balaban J connectivity index is 1.41. The molecule has 0 aliphatic rings. The molecule has 0 fully saturated rings. The highest BCUT2D eigenvalue weighted by Crippen LogP contribution is 2.32. The molecule has 0 saturated carbocycles. The van der Waals surface area contributed by atoms with Gasteiger partial charge >= 0.3 is 6.18 Å². The Morgan fingerprint density at radius 1 is 1.02 bits per heavy atom. The predicted octanol–water partition coefficient (Wildman–Crippen LogP) is 6.94. The molecule has 5 aromatic rings. The summed E-state index contributed by atoms with van der Waals surface area (Å²) in [4.78, 5) is 30.1. The molecule has 4 aromatic carbocycles. The highest BCUT2D eigenvalue weighted by atomic mass is 35.5. The third kappa shape index (κ3) is 6.34. The molecule has 5 rings (SSSR count). The summed E-state index contributed by atoms with van der Waals surface area (Å²) in [6.07, 6.45) is -3.25. The molecule has 1 N–H and O–H groups in total. The zero-order chi connectivity index (χ0) is 29.9. The number of amides is 1. The Bertz CT molecular complexity index is 1890. The first-order valence-corrected chi connectivity index (χ1v) is 13.0. The van der Waals surface area contributed by atoms with Gasteiger partial charge in [0.2, 0.25) is 0 Å². The molecule has 0 aliphatic heterocycles. The number of nitrogens with one attached hydrogen (secondary N) is 1. The molecule has 42 heavy (non-hydrogen) atoms. The van der Waals surface area contributed by atoms with Crippen LogP contribution in [0.1, 0.15) is 16.7 Å². The number of para-hydroxylation sites is 2. The minimum Gasteiger partial charge on any atom is -0.482 e. The maximum absolute atomic E-state index is 13.4. The van der Waals surface area contributed by atoms with Crippen molar-refractivity contribution >= 4 is 40.3 Å². The lowest BCUT2D eigenvalue weighted by molar-refractivity contribution is -0.137. The van der Waals surface area contributed by atoms with E-state index in [2.05, 4.69) is 15.4 Å². The zero-order valence-corrected chi connectivity index (χ0v) is 22.8. The van der Waals surface area contributed by atoms with Crippen molar-refractivity contribution in [1.82, 2.24) is 9.66 Å². The number of hydrogen-bond donors (Lipinski definition) is 1. The molecule has 0 spiro atoms. The monoisotopic (exact) mass is 590 g/mol. The van der Waals surface area contributed by atoms with E-state index < -0.39 is 17.3 Å². The minimum atomic E-state index is -4.58. The van der Waals surface area contributed by atoms with Crippen molar-refractivity contribution in [3.05, 3.63) is 123 Å². The van der Waals surface area contributed by atoms with E-state index in [-0.39, 0.29) is 40.1 Å². The summed E-state index contributed by atoms with van der Waals surface area (Å²) < 4.78 is 46.7. The highest BCUT2D eigenvalue weighted by Gasteiger charge is 2.31. The van der Waals surface area contributed by atoms with E-state index in [9.17, 15) is 22.8 Å². The van der Waals surface area contributed by atoms with Crippen LogP contribution in [0.4, 0.5) is 18.9 Å². The second-order valence-corrected chi connectivity index (χ2v) is 9.64. The van der Waals surface area contributed by atoms with Gasteiger partial charge < -0.3 is 10.1 Å². The van der Waals surface area contributed by atoms with Gasteiger partial charge in [0.15, 0.2) is 12.4 Å². The second kappa shape index (κ2) is 11.9. The van der Waals surface area contributed by atoms with E-state index >= 15 is 0 Å². The molecule has 1 aromatic heterocycles. The number of nitrogens with zero attached hydrogens (tertiary/aromatic N) is 3. The largest absolute Gasteiger partial charge is 0.482 e. The average molecular weight is 591 g/mol. The maximum Gasteiger partial charge on any atom is 0.416 e. The van der Waals surface area contributed by atoms with Crippen LogP contribution in [0.3, 0.4) is 0 Å². The number of anilines is 1. The predicted molar refractivity (Wildman–Crippen MR) is 156 cm³/mol. The van der Waals surface area contributed by atoms with Gasteiger partial charge in [-0.1, -0.05) is 54.1 Å². The number of carbonyl (C=O) groups excluding carboxylic acids is 1. The molecule has 0 saturated heterocycles. The lowest BCUT2D eigenvalue weighted by Crippen LogP contribution is -2.21. The van der Waals surface area contributed by atoms with Crippen LogP contribution in [0.5, 0.6) is 5.75 Å². The highest BCUT2D eigenvalue weighted by molar-refractivity contribution is 6.32. The topological polar surface area (TPSA) is 85.6 Å². The summed E-state index contributed by atoms with van der Waals surface area (Å²) in [6, 6.07) is 23.0. The first-order valence-electron chi connectivity index (χ1n) is 12.6. The Labute approximate surface area is 242 Å². The number of rotatable bonds is 7. The molecule has 212 valence electrons. The van der Waals surface area contributed by atoms with Gasteiger partial charge in [0.05, 0.1) is 27.7 Å². The fourth-order valence-electron chi connectivity index (χ4n) is 4.13. The van der Waals surface area contributed by atoms with Crippen molar-refractivity contribution in [3.8, 4) is 17.1 Å². The van der Waals surface area contributed by atoms with Crippen LogP contribution >= 0.6 is 11.6 Å². The van der Waals surface area contributed by atoms with Crippen LogP contribution in [-0.4, -0.2) is 28.4 Å². The van der Waals surface area contributed by atoms with E-state index in [1.54, 1.807) is 42.5 Å². The van der Waals surface area contributed by atoms with Crippen LogP contribution in [-0.2, 0) is 11.0 Å². The molecule has 1 amide bonds. The quantitative estimate of drug-likeness (QED) is 0.208. The number of alkyl halides is 3. The lowest BCUT2D eigenvalue weighted by Gasteiger charge is -2.12. The number of aromatic nitrogens is 2. The van der Waals surface area contributed by atoms with Gasteiger partial charge in [-0.2, -0.15) is 22.9 Å². The van der Waals surface area contributed by atoms with E-state index in [0.29, 0.717) is 16.8 Å². The van der Waals surface area contributed by atoms with Gasteiger partial charge in [-0.15, -0.1) is 0 Å². The number of ether oxygens (including phenoxy) is 1. The average Bonchev–Trinajstić information content (AvgIpc) is 2.97. The molecule has 0 unspecified atom stereocenters. The Kier molecular flexibility index (Phi) is 8.08. The summed E-state index contributed by atoms with van der Waals surface area (Å²) in [5.74, 6) is -0.175. The third-order valence-corrected chi connectivity index (χ3v) is 6.55. The van der Waals surface area contributed by atoms with Crippen molar-refractivity contribution in [2.24, 2.45) is 5.10 Å². The van der Waals surface area contributed by atoms with Crippen molar-refractivity contribution in [3.63, 3.8) is 0 Å². The molecular weight excluding hydrogens is 569 g/mol. The van der Waals surface area contributed by atoms with E-state index in [4.69, 9.17) is 16.3 Å². The van der Waals surface area contributed by atoms with Crippen molar-refractivity contribution < 1.29 is 22.7 Å². The molecule has 0 radical (unpaired) electrons. The number of benzene rings is 4. The molecule has 0 bridgehead atoms. The van der Waals surface area contributed by atoms with E-state index in [1.165, 1.54) is 24.4 Å². The molecule has 7 nitrogen and oxygen atoms in total. The van der Waals surface area contributed by atoms with Crippen LogP contribution in [0, 0.1) is 6.92 Å². The minimum absolute atomic E-state index is 0.0632. The summed E-state index contributed by atoms with van der Waals surface area (Å²) in [5.41, 5.74) is 0.985. The summed E-state index contributed by atoms with van der Waals surface area (Å²) in [7, 11) is 0. The van der Waals surface area contributed by atoms with Crippen molar-refractivity contribution in [1.29, 1.82) is 0 Å². The number of carbonyl (C=O) groups is 1. The number of hydrogen-bond acceptors (Lipinski definition) is 5. The zero-order valence-electron chi connectivity index (χ0n) is 22.0. The Morgan fingerprint density at radius 2 is 1.79 bits per heavy atom. The Hall–Kier alpha value is -4.96. The van der Waals surface area contributed by atoms with Crippen LogP contribution < -0.4 is 15.6 Å². The van der Waals surface area contributed by atoms with Gasteiger partial charge in [-0.3, -0.25) is 9.59 Å². The Morgan fingerprint density at radius 3 is 2.55 bits per heavy atom. The number of aryl methyl sites for hydroxylation is 1. The normalized spacial score (nSPS) is 11.6. The van der Waals surface area contributed by atoms with Crippen LogP contribution in [0.25, 0.3) is 22.3 Å². The van der Waals surface area contributed by atoms with Crippen LogP contribution in [0.2, 0.25) is 5.02 Å². The fourth-order valence-corrected chi connectivity index (χ4v) is 4.38. The maximum atomic E-state index is 13.4. The summed E-state index contributed by atoms with van der Waals surface area (Å²) >= 11 is 6.37. The SMILES string of the molecule is Cc1ccccc1NC(=O)COc1ccc(C=Nn2c(-c3cccc(C(F)(F)F)c3)nc3ccccc3c2=O)cc1Cl. The number of fused-ring (bicyclic) bond motifs is 1. The van der Waals surface area contributed by atoms with Gasteiger partial charge in [0, 0.05) is 11.3 Å². The van der Waals surface area contributed by atoms with Gasteiger partial charge in [-0.05, 0) is 66.6 Å². The van der Waals surface area contributed by atoms with Gasteiger partial charge in [0.1, 0.15) is 5.75 Å². The van der Waals surface area contributed by atoms with Gasteiger partial charge in [-0.25, -0.2) is 4.98 Å². The molecule has 0 aliphatic carbocycles. The molecule has 0 atom stereocenters.